The van der Waals surface area contributed by atoms with E-state index in [0.717, 1.165) is 12.0 Å². The molecule has 0 saturated heterocycles. The zero-order chi connectivity index (χ0) is 15.2. The van der Waals surface area contributed by atoms with Crippen molar-refractivity contribution in [2.45, 2.75) is 26.3 Å². The largest absolute Gasteiger partial charge is 0.382 e. The first-order chi connectivity index (χ1) is 10.1. The molecule has 0 aliphatic carbocycles. The summed E-state index contributed by atoms with van der Waals surface area (Å²) >= 11 is 1.27. The van der Waals surface area contributed by atoms with Crippen molar-refractivity contribution in [1.82, 2.24) is 15.3 Å². The van der Waals surface area contributed by atoms with Crippen LogP contribution in [0.15, 0.2) is 24.5 Å². The fourth-order valence-corrected chi connectivity index (χ4v) is 2.70. The molecule has 0 saturated carbocycles. The van der Waals surface area contributed by atoms with E-state index in [1.54, 1.807) is 12.4 Å². The average Bonchev–Trinajstić information content (AvgIpc) is 2.80. The molecule has 112 valence electrons. The molecule has 0 aliphatic rings. The molecular formula is C14H19N5OS. The van der Waals surface area contributed by atoms with E-state index in [9.17, 15) is 4.79 Å². The summed E-state index contributed by atoms with van der Waals surface area (Å²) in [6.45, 7) is 4.56. The van der Waals surface area contributed by atoms with Crippen LogP contribution < -0.4 is 16.4 Å². The Morgan fingerprint density at radius 1 is 1.38 bits per heavy atom. The Balaban J connectivity index is 1.90. The van der Waals surface area contributed by atoms with Crippen molar-refractivity contribution in [2.24, 2.45) is 0 Å². The maximum atomic E-state index is 12.1. The number of carbonyl (C=O) groups excluding carboxylic acids is 1. The van der Waals surface area contributed by atoms with Crippen molar-refractivity contribution in [1.29, 1.82) is 0 Å². The highest BCUT2D eigenvalue weighted by Crippen LogP contribution is 2.25. The molecular weight excluding hydrogens is 286 g/mol. The van der Waals surface area contributed by atoms with Crippen molar-refractivity contribution in [3.8, 4) is 0 Å². The highest BCUT2D eigenvalue weighted by molar-refractivity contribution is 7.18. The first-order valence-electron chi connectivity index (χ1n) is 6.76. The number of anilines is 2. The molecule has 6 nitrogen and oxygen atoms in total. The van der Waals surface area contributed by atoms with Gasteiger partial charge in [0.2, 0.25) is 0 Å². The van der Waals surface area contributed by atoms with Gasteiger partial charge in [-0.3, -0.25) is 9.78 Å². The van der Waals surface area contributed by atoms with Gasteiger partial charge in [0.05, 0.1) is 0 Å². The van der Waals surface area contributed by atoms with E-state index in [1.807, 2.05) is 26.0 Å². The van der Waals surface area contributed by atoms with E-state index in [4.69, 9.17) is 5.73 Å². The van der Waals surface area contributed by atoms with Gasteiger partial charge in [0.1, 0.15) is 10.7 Å². The molecule has 4 N–H and O–H groups in total. The number of amides is 1. The van der Waals surface area contributed by atoms with Crippen LogP contribution in [0.5, 0.6) is 0 Å². The minimum absolute atomic E-state index is 0.184. The molecule has 0 atom stereocenters. The summed E-state index contributed by atoms with van der Waals surface area (Å²) in [5.41, 5.74) is 6.92. The number of hydrogen-bond donors (Lipinski definition) is 3. The second-order valence-corrected chi connectivity index (χ2v) is 5.89. The Morgan fingerprint density at radius 2 is 2.10 bits per heavy atom. The van der Waals surface area contributed by atoms with Crippen LogP contribution in [-0.4, -0.2) is 28.5 Å². The Hall–Kier alpha value is -2.15. The van der Waals surface area contributed by atoms with E-state index < -0.39 is 0 Å². The summed E-state index contributed by atoms with van der Waals surface area (Å²) in [6.07, 6.45) is 4.23. The lowest BCUT2D eigenvalue weighted by Gasteiger charge is -2.04. The minimum atomic E-state index is -0.184. The van der Waals surface area contributed by atoms with Crippen LogP contribution in [0.3, 0.4) is 0 Å². The number of nitrogens with one attached hydrogen (secondary N) is 2. The topological polar surface area (TPSA) is 92.9 Å². The third-order valence-corrected chi connectivity index (χ3v) is 3.72. The SMILES string of the molecule is CC(C)Nc1nc(N)c(C(=O)NCCc2ccncc2)s1. The molecule has 0 spiro atoms. The Morgan fingerprint density at radius 3 is 2.76 bits per heavy atom. The first kappa shape index (κ1) is 15.2. The van der Waals surface area contributed by atoms with Crippen LogP contribution in [-0.2, 0) is 6.42 Å². The van der Waals surface area contributed by atoms with Gasteiger partial charge in [-0.05, 0) is 38.0 Å². The van der Waals surface area contributed by atoms with Gasteiger partial charge in [-0.1, -0.05) is 11.3 Å². The standard InChI is InChI=1S/C14H19N5OS/c1-9(2)18-14-19-12(15)11(21-14)13(20)17-8-5-10-3-6-16-7-4-10/h3-4,6-7,9H,5,8,15H2,1-2H3,(H,17,20)(H,18,19). The number of rotatable bonds is 6. The maximum absolute atomic E-state index is 12.1. The number of nitrogen functional groups attached to an aromatic ring is 1. The van der Waals surface area contributed by atoms with Crippen molar-refractivity contribution >= 4 is 28.2 Å². The molecule has 0 fully saturated rings. The number of carbonyl (C=O) groups is 1. The lowest BCUT2D eigenvalue weighted by atomic mass is 10.2. The predicted molar refractivity (Wildman–Crippen MR) is 85.6 cm³/mol. The molecule has 7 heteroatoms. The second-order valence-electron chi connectivity index (χ2n) is 4.89. The highest BCUT2D eigenvalue weighted by atomic mass is 32.1. The number of aromatic nitrogens is 2. The summed E-state index contributed by atoms with van der Waals surface area (Å²) in [5.74, 6) is 0.0837. The summed E-state index contributed by atoms with van der Waals surface area (Å²) in [7, 11) is 0. The van der Waals surface area contributed by atoms with Crippen molar-refractivity contribution in [2.75, 3.05) is 17.6 Å². The van der Waals surface area contributed by atoms with Crippen molar-refractivity contribution < 1.29 is 4.79 Å². The zero-order valence-corrected chi connectivity index (χ0v) is 12.9. The van der Waals surface area contributed by atoms with Crippen LogP contribution in [0.25, 0.3) is 0 Å². The fourth-order valence-electron chi connectivity index (χ4n) is 1.75. The number of nitrogens with zero attached hydrogens (tertiary/aromatic N) is 2. The van der Waals surface area contributed by atoms with Crippen LogP contribution in [0.2, 0.25) is 0 Å². The van der Waals surface area contributed by atoms with E-state index >= 15 is 0 Å². The Labute approximate surface area is 127 Å². The highest BCUT2D eigenvalue weighted by Gasteiger charge is 2.16. The van der Waals surface area contributed by atoms with E-state index in [0.29, 0.717) is 16.6 Å². The van der Waals surface area contributed by atoms with E-state index in [1.165, 1.54) is 11.3 Å². The van der Waals surface area contributed by atoms with Gasteiger partial charge in [-0.25, -0.2) is 4.98 Å². The van der Waals surface area contributed by atoms with Gasteiger partial charge < -0.3 is 16.4 Å². The van der Waals surface area contributed by atoms with Crippen LogP contribution in [0.4, 0.5) is 10.9 Å². The van der Waals surface area contributed by atoms with Crippen LogP contribution >= 0.6 is 11.3 Å². The third-order valence-electron chi connectivity index (χ3n) is 2.72. The zero-order valence-electron chi connectivity index (χ0n) is 12.1. The molecule has 2 aromatic rings. The minimum Gasteiger partial charge on any atom is -0.382 e. The van der Waals surface area contributed by atoms with Gasteiger partial charge >= 0.3 is 0 Å². The third kappa shape index (κ3) is 4.42. The predicted octanol–water partition coefficient (Wildman–Crippen LogP) is 1.91. The Kier molecular flexibility index (Phi) is 5.10. The van der Waals surface area contributed by atoms with Gasteiger partial charge in [-0.15, -0.1) is 0 Å². The number of pyridine rings is 1. The smallest absolute Gasteiger partial charge is 0.265 e. The molecule has 2 heterocycles. The number of hydrogen-bond acceptors (Lipinski definition) is 6. The molecule has 2 rings (SSSR count). The second kappa shape index (κ2) is 7.03. The molecule has 1 amide bonds. The van der Waals surface area contributed by atoms with Gasteiger partial charge in [0.25, 0.3) is 5.91 Å². The molecule has 0 aliphatic heterocycles. The van der Waals surface area contributed by atoms with Crippen LogP contribution in [0, 0.1) is 0 Å². The number of thiazole rings is 1. The summed E-state index contributed by atoms with van der Waals surface area (Å²) < 4.78 is 0. The summed E-state index contributed by atoms with van der Waals surface area (Å²) in [4.78, 5) is 20.7. The van der Waals surface area contributed by atoms with Crippen LogP contribution in [0.1, 0.15) is 29.1 Å². The summed E-state index contributed by atoms with van der Waals surface area (Å²) in [5, 5.41) is 6.67. The van der Waals surface area contributed by atoms with E-state index in [-0.39, 0.29) is 17.8 Å². The molecule has 2 aromatic heterocycles. The van der Waals surface area contributed by atoms with Crippen molar-refractivity contribution in [3.63, 3.8) is 0 Å². The molecule has 0 aromatic carbocycles. The number of nitrogens with two attached hydrogens (primary N) is 1. The molecule has 0 radical (unpaired) electrons. The van der Waals surface area contributed by atoms with Gasteiger partial charge in [0, 0.05) is 25.0 Å². The van der Waals surface area contributed by atoms with Gasteiger partial charge in [-0.2, -0.15) is 0 Å². The lowest BCUT2D eigenvalue weighted by molar-refractivity contribution is 0.0959. The normalized spacial score (nSPS) is 10.6. The average molecular weight is 305 g/mol. The summed E-state index contributed by atoms with van der Waals surface area (Å²) in [6, 6.07) is 4.11. The maximum Gasteiger partial charge on any atom is 0.265 e. The fraction of sp³-hybridized carbons (Fsp3) is 0.357. The lowest BCUT2D eigenvalue weighted by Crippen LogP contribution is -2.25. The Bertz CT molecular complexity index is 597. The van der Waals surface area contributed by atoms with Crippen molar-refractivity contribution in [3.05, 3.63) is 35.0 Å². The molecule has 0 bridgehead atoms. The van der Waals surface area contributed by atoms with Gasteiger partial charge in [0.15, 0.2) is 5.13 Å². The quantitative estimate of drug-likeness (QED) is 0.758. The van der Waals surface area contributed by atoms with E-state index in [2.05, 4.69) is 20.6 Å². The molecule has 21 heavy (non-hydrogen) atoms. The molecule has 0 unspecified atom stereocenters. The first-order valence-corrected chi connectivity index (χ1v) is 7.58. The monoisotopic (exact) mass is 305 g/mol.